The molecule has 4 rings (SSSR count). The average Bonchev–Trinajstić information content (AvgIpc) is 3.33. The molecule has 0 spiro atoms. The Bertz CT molecular complexity index is 965. The van der Waals surface area contributed by atoms with Crippen molar-refractivity contribution < 1.29 is 14.1 Å². The lowest BCUT2D eigenvalue weighted by molar-refractivity contribution is -0.129. The van der Waals surface area contributed by atoms with E-state index in [0.29, 0.717) is 24.4 Å². The smallest absolute Gasteiger partial charge is 0.228 e. The number of ether oxygens (including phenoxy) is 1. The minimum atomic E-state index is 0.0851. The first kappa shape index (κ1) is 18.5. The van der Waals surface area contributed by atoms with Crippen molar-refractivity contribution in [2.75, 3.05) is 34.3 Å². The summed E-state index contributed by atoms with van der Waals surface area (Å²) >= 11 is 0. The first-order valence-electron chi connectivity index (χ1n) is 9.48. The fourth-order valence-electron chi connectivity index (χ4n) is 4.01. The summed E-state index contributed by atoms with van der Waals surface area (Å²) in [6.07, 6.45) is 0.256. The predicted octanol–water partition coefficient (Wildman–Crippen LogP) is 2.94. The van der Waals surface area contributed by atoms with Crippen LogP contribution in [-0.2, 0) is 11.2 Å². The van der Waals surface area contributed by atoms with Crippen molar-refractivity contribution in [2.24, 2.45) is 0 Å². The number of carbonyl (C=O) groups excluding carboxylic acids is 1. The normalized spacial score (nSPS) is 19.5. The molecule has 1 aliphatic heterocycles. The molecule has 6 nitrogen and oxygen atoms in total. The Morgan fingerprint density at radius 3 is 2.64 bits per heavy atom. The van der Waals surface area contributed by atoms with Gasteiger partial charge in [0.25, 0.3) is 0 Å². The van der Waals surface area contributed by atoms with Crippen molar-refractivity contribution in [1.82, 2.24) is 15.0 Å². The van der Waals surface area contributed by atoms with E-state index in [1.165, 1.54) is 5.56 Å². The van der Waals surface area contributed by atoms with Gasteiger partial charge in [-0.3, -0.25) is 4.79 Å². The van der Waals surface area contributed by atoms with Crippen LogP contribution in [0.1, 0.15) is 17.2 Å². The Morgan fingerprint density at radius 1 is 1.18 bits per heavy atom. The number of amides is 1. The van der Waals surface area contributed by atoms with Crippen LogP contribution in [0.5, 0.6) is 5.75 Å². The molecule has 1 amide bonds. The molecule has 2 heterocycles. The molecule has 0 saturated carbocycles. The van der Waals surface area contributed by atoms with E-state index in [9.17, 15) is 4.79 Å². The quantitative estimate of drug-likeness (QED) is 0.682. The molecule has 6 heteroatoms. The zero-order valence-electron chi connectivity index (χ0n) is 16.5. The summed E-state index contributed by atoms with van der Waals surface area (Å²) in [7, 11) is 5.81. The van der Waals surface area contributed by atoms with Crippen molar-refractivity contribution in [3.8, 4) is 5.75 Å². The maximum atomic E-state index is 13.0. The van der Waals surface area contributed by atoms with E-state index in [0.717, 1.165) is 11.1 Å². The number of aromatic nitrogens is 1. The standard InChI is InChI=1S/C22H25N3O3/c1-24(2)20-14-25(13-18(20)15-8-10-16(27-3)11-9-15)22(26)12-19-17-6-4-5-7-21(17)28-23-19/h4-11,18,20H,12-14H2,1-3H3. The Labute approximate surface area is 164 Å². The van der Waals surface area contributed by atoms with Crippen LogP contribution in [0, 0.1) is 0 Å². The number of methoxy groups -OCH3 is 1. The molecule has 2 unspecified atom stereocenters. The van der Waals surface area contributed by atoms with Crippen molar-refractivity contribution in [3.63, 3.8) is 0 Å². The highest BCUT2D eigenvalue weighted by molar-refractivity contribution is 5.86. The number of likely N-dealkylation sites (tertiary alicyclic amines) is 1. The Morgan fingerprint density at radius 2 is 1.93 bits per heavy atom. The molecule has 1 fully saturated rings. The lowest BCUT2D eigenvalue weighted by Crippen LogP contribution is -2.36. The van der Waals surface area contributed by atoms with Gasteiger partial charge >= 0.3 is 0 Å². The fraction of sp³-hybridized carbons (Fsp3) is 0.364. The molecule has 2 aromatic carbocycles. The van der Waals surface area contributed by atoms with Gasteiger partial charge in [-0.1, -0.05) is 29.4 Å². The Balaban J connectivity index is 1.52. The largest absolute Gasteiger partial charge is 0.497 e. The van der Waals surface area contributed by atoms with E-state index in [1.54, 1.807) is 7.11 Å². The molecule has 146 valence electrons. The van der Waals surface area contributed by atoms with Crippen molar-refractivity contribution in [1.29, 1.82) is 0 Å². The first-order valence-corrected chi connectivity index (χ1v) is 9.48. The lowest BCUT2D eigenvalue weighted by atomic mass is 9.93. The van der Waals surface area contributed by atoms with Gasteiger partial charge in [-0.2, -0.15) is 0 Å². The monoisotopic (exact) mass is 379 g/mol. The predicted molar refractivity (Wildman–Crippen MR) is 108 cm³/mol. The minimum Gasteiger partial charge on any atom is -0.497 e. The highest BCUT2D eigenvalue weighted by atomic mass is 16.5. The maximum Gasteiger partial charge on any atom is 0.228 e. The number of para-hydroxylation sites is 1. The van der Waals surface area contributed by atoms with Gasteiger partial charge in [0.2, 0.25) is 5.91 Å². The molecule has 1 aliphatic rings. The molecule has 0 bridgehead atoms. The fourth-order valence-corrected chi connectivity index (χ4v) is 4.01. The molecule has 1 saturated heterocycles. The molecule has 0 aliphatic carbocycles. The van der Waals surface area contributed by atoms with Crippen LogP contribution in [0.2, 0.25) is 0 Å². The van der Waals surface area contributed by atoms with Crippen LogP contribution >= 0.6 is 0 Å². The number of benzene rings is 2. The summed E-state index contributed by atoms with van der Waals surface area (Å²) in [5.74, 6) is 1.19. The molecule has 3 aromatic rings. The van der Waals surface area contributed by atoms with Gasteiger partial charge in [0, 0.05) is 30.4 Å². The highest BCUT2D eigenvalue weighted by Crippen LogP contribution is 2.32. The van der Waals surface area contributed by atoms with E-state index >= 15 is 0 Å². The molecule has 28 heavy (non-hydrogen) atoms. The number of fused-ring (bicyclic) bond motifs is 1. The third-order valence-corrected chi connectivity index (χ3v) is 5.62. The second-order valence-electron chi connectivity index (χ2n) is 7.51. The molecule has 2 atom stereocenters. The van der Waals surface area contributed by atoms with Crippen LogP contribution in [0.25, 0.3) is 11.0 Å². The first-order chi connectivity index (χ1) is 13.6. The molecular formula is C22H25N3O3. The van der Waals surface area contributed by atoms with Gasteiger partial charge < -0.3 is 19.1 Å². The van der Waals surface area contributed by atoms with Crippen LogP contribution in [0.4, 0.5) is 0 Å². The van der Waals surface area contributed by atoms with Crippen LogP contribution in [0.15, 0.2) is 53.1 Å². The molecule has 0 radical (unpaired) electrons. The second-order valence-corrected chi connectivity index (χ2v) is 7.51. The minimum absolute atomic E-state index is 0.0851. The van der Waals surface area contributed by atoms with Gasteiger partial charge in [0.05, 0.1) is 13.5 Å². The van der Waals surface area contributed by atoms with E-state index < -0.39 is 0 Å². The topological polar surface area (TPSA) is 58.8 Å². The number of nitrogens with zero attached hydrogens (tertiary/aromatic N) is 3. The maximum absolute atomic E-state index is 13.0. The number of rotatable bonds is 5. The number of hydrogen-bond acceptors (Lipinski definition) is 5. The summed E-state index contributed by atoms with van der Waals surface area (Å²) in [5, 5.41) is 5.02. The van der Waals surface area contributed by atoms with Crippen molar-refractivity contribution in [3.05, 3.63) is 59.8 Å². The number of carbonyl (C=O) groups is 1. The lowest BCUT2D eigenvalue weighted by Gasteiger charge is -2.25. The SMILES string of the molecule is COc1ccc(C2CN(C(=O)Cc3noc4ccccc34)CC2N(C)C)cc1. The van der Waals surface area contributed by atoms with Crippen LogP contribution < -0.4 is 4.74 Å². The van der Waals surface area contributed by atoms with Crippen molar-refractivity contribution >= 4 is 16.9 Å². The zero-order valence-corrected chi connectivity index (χ0v) is 16.5. The molecular weight excluding hydrogens is 354 g/mol. The van der Waals surface area contributed by atoms with E-state index in [1.807, 2.05) is 41.3 Å². The number of likely N-dealkylation sites (N-methyl/N-ethyl adjacent to an activating group) is 1. The van der Waals surface area contributed by atoms with Gasteiger partial charge in [0.1, 0.15) is 11.4 Å². The van der Waals surface area contributed by atoms with Gasteiger partial charge in [-0.15, -0.1) is 0 Å². The molecule has 1 aromatic heterocycles. The van der Waals surface area contributed by atoms with Crippen molar-refractivity contribution in [2.45, 2.75) is 18.4 Å². The van der Waals surface area contributed by atoms with Gasteiger partial charge in [-0.25, -0.2) is 0 Å². The summed E-state index contributed by atoms with van der Waals surface area (Å²) in [4.78, 5) is 17.2. The summed E-state index contributed by atoms with van der Waals surface area (Å²) in [5.41, 5.74) is 2.64. The van der Waals surface area contributed by atoms with E-state index in [4.69, 9.17) is 9.26 Å². The van der Waals surface area contributed by atoms with E-state index in [-0.39, 0.29) is 24.3 Å². The third-order valence-electron chi connectivity index (χ3n) is 5.62. The summed E-state index contributed by atoms with van der Waals surface area (Å²) in [6.45, 7) is 1.40. The van der Waals surface area contributed by atoms with Gasteiger partial charge in [-0.05, 0) is 43.9 Å². The van der Waals surface area contributed by atoms with Gasteiger partial charge in [0.15, 0.2) is 5.58 Å². The van der Waals surface area contributed by atoms with Crippen LogP contribution in [0.3, 0.4) is 0 Å². The average molecular weight is 379 g/mol. The number of hydrogen-bond donors (Lipinski definition) is 0. The summed E-state index contributed by atoms with van der Waals surface area (Å²) in [6, 6.07) is 16.1. The van der Waals surface area contributed by atoms with E-state index in [2.05, 4.69) is 36.3 Å². The van der Waals surface area contributed by atoms with Crippen LogP contribution in [-0.4, -0.2) is 61.2 Å². The Hall–Kier alpha value is -2.86. The second kappa shape index (κ2) is 7.64. The molecule has 0 N–H and O–H groups in total. The zero-order chi connectivity index (χ0) is 19.7. The highest BCUT2D eigenvalue weighted by Gasteiger charge is 2.37. The Kier molecular flexibility index (Phi) is 5.05. The summed E-state index contributed by atoms with van der Waals surface area (Å²) < 4.78 is 10.6. The third kappa shape index (κ3) is 3.47.